The molecular weight excluding hydrogens is 426 g/mol. The maximum atomic E-state index is 13.0. The lowest BCUT2D eigenvalue weighted by Crippen LogP contribution is -2.21. The summed E-state index contributed by atoms with van der Waals surface area (Å²) in [4.78, 5) is 33.1. The molecule has 0 saturated carbocycles. The second kappa shape index (κ2) is 9.69. The van der Waals surface area contributed by atoms with Gasteiger partial charge in [-0.15, -0.1) is 0 Å². The van der Waals surface area contributed by atoms with E-state index in [-0.39, 0.29) is 12.2 Å². The molecule has 0 saturated heterocycles. The second-order valence-electron chi connectivity index (χ2n) is 9.02. The van der Waals surface area contributed by atoms with Crippen molar-refractivity contribution in [2.45, 2.75) is 32.2 Å². The molecule has 8 nitrogen and oxygen atoms in total. The van der Waals surface area contributed by atoms with Gasteiger partial charge in [-0.2, -0.15) is 0 Å². The van der Waals surface area contributed by atoms with Crippen LogP contribution in [0.25, 0.3) is 22.2 Å². The van der Waals surface area contributed by atoms with Gasteiger partial charge in [0.05, 0.1) is 30.0 Å². The average Bonchev–Trinajstić information content (AvgIpc) is 3.28. The number of pyridine rings is 3. The minimum Gasteiger partial charge on any atom is -0.369 e. The molecule has 5 heterocycles. The topological polar surface area (TPSA) is 88.8 Å². The molecule has 0 radical (unpaired) electrons. The van der Waals surface area contributed by atoms with E-state index < -0.39 is 0 Å². The van der Waals surface area contributed by atoms with E-state index in [0.29, 0.717) is 11.4 Å². The Balaban J connectivity index is 1.34. The Hall–Kier alpha value is -3.65. The third-order valence-electron chi connectivity index (χ3n) is 6.18. The van der Waals surface area contributed by atoms with Gasteiger partial charge in [0.15, 0.2) is 5.78 Å². The fraction of sp³-hybridized carbons (Fsp3) is 0.346. The maximum absolute atomic E-state index is 13.0. The van der Waals surface area contributed by atoms with E-state index in [2.05, 4.69) is 40.8 Å². The minimum atomic E-state index is 0.0129. The fourth-order valence-electron chi connectivity index (χ4n) is 4.33. The number of carbonyl (C=O) groups is 1. The van der Waals surface area contributed by atoms with Crippen molar-refractivity contribution >= 4 is 22.5 Å². The number of hydrogen-bond acceptors (Lipinski definition) is 7. The molecule has 0 aliphatic carbocycles. The van der Waals surface area contributed by atoms with Crippen molar-refractivity contribution < 1.29 is 4.79 Å². The summed E-state index contributed by atoms with van der Waals surface area (Å²) in [5.74, 6) is 1.87. The predicted molar refractivity (Wildman–Crippen MR) is 133 cm³/mol. The Bertz CT molecular complexity index is 1330. The van der Waals surface area contributed by atoms with Crippen LogP contribution in [-0.2, 0) is 19.4 Å². The number of Topliss-reactive ketones (excluding diaryl/α,β-unsaturated/α-hetero) is 1. The zero-order chi connectivity index (χ0) is 23.5. The van der Waals surface area contributed by atoms with Crippen LogP contribution in [0.4, 0.5) is 5.82 Å². The molecule has 0 aromatic carbocycles. The van der Waals surface area contributed by atoms with E-state index >= 15 is 0 Å². The molecule has 1 aliphatic heterocycles. The van der Waals surface area contributed by atoms with Gasteiger partial charge in [-0.1, -0.05) is 0 Å². The van der Waals surface area contributed by atoms with E-state index in [9.17, 15) is 4.79 Å². The van der Waals surface area contributed by atoms with Crippen LogP contribution < -0.4 is 5.32 Å². The molecule has 4 aromatic rings. The zero-order valence-corrected chi connectivity index (χ0v) is 19.7. The summed E-state index contributed by atoms with van der Waals surface area (Å²) in [6.45, 7) is 2.65. The summed E-state index contributed by atoms with van der Waals surface area (Å²) in [7, 11) is 4.04. The van der Waals surface area contributed by atoms with Crippen molar-refractivity contribution in [2.75, 3.05) is 32.5 Å². The van der Waals surface area contributed by atoms with Gasteiger partial charge >= 0.3 is 0 Å². The Kier molecular flexibility index (Phi) is 6.31. The largest absolute Gasteiger partial charge is 0.369 e. The van der Waals surface area contributed by atoms with Crippen molar-refractivity contribution in [3.05, 3.63) is 66.1 Å². The molecule has 0 fully saturated rings. The number of aryl methyl sites for hydroxylation is 1. The number of carbonyl (C=O) groups excluding carboxylic acids is 1. The molecule has 1 N–H and O–H groups in total. The molecule has 174 valence electrons. The number of nitrogens with one attached hydrogen (secondary N) is 1. The zero-order valence-electron chi connectivity index (χ0n) is 19.7. The van der Waals surface area contributed by atoms with Gasteiger partial charge in [-0.3, -0.25) is 14.8 Å². The van der Waals surface area contributed by atoms with Crippen molar-refractivity contribution in [3.8, 4) is 11.3 Å². The van der Waals surface area contributed by atoms with Crippen molar-refractivity contribution in [2.24, 2.45) is 0 Å². The number of ketones is 1. The molecule has 0 spiro atoms. The lowest BCUT2D eigenvalue weighted by molar-refractivity contribution is 0.0992. The molecular formula is C26H29N7O. The Morgan fingerprint density at radius 2 is 1.97 bits per heavy atom. The van der Waals surface area contributed by atoms with Gasteiger partial charge in [0.2, 0.25) is 0 Å². The van der Waals surface area contributed by atoms with Crippen LogP contribution in [0, 0.1) is 0 Å². The summed E-state index contributed by atoms with van der Waals surface area (Å²) in [6.07, 6.45) is 10.9. The van der Waals surface area contributed by atoms with Crippen LogP contribution in [0.15, 0.2) is 49.1 Å². The number of aromatic nitrogens is 5. The number of imidazole rings is 1. The molecule has 0 unspecified atom stereocenters. The Morgan fingerprint density at radius 3 is 2.85 bits per heavy atom. The SMILES string of the molecule is CN(C)CCNc1cc(C(=O)Cc2cc3cc(-c4cnc5n4CCCC5)cnc3cn2)ccn1. The summed E-state index contributed by atoms with van der Waals surface area (Å²) in [5, 5.41) is 4.24. The van der Waals surface area contributed by atoms with E-state index in [1.165, 1.54) is 12.8 Å². The van der Waals surface area contributed by atoms with Crippen molar-refractivity contribution in [3.63, 3.8) is 0 Å². The van der Waals surface area contributed by atoms with Gasteiger partial charge in [0.25, 0.3) is 0 Å². The summed E-state index contributed by atoms with van der Waals surface area (Å²) in [6, 6.07) is 7.65. The molecule has 8 heteroatoms. The first-order chi connectivity index (χ1) is 16.6. The molecule has 5 rings (SSSR count). The highest BCUT2D eigenvalue weighted by Gasteiger charge is 2.16. The predicted octanol–water partition coefficient (Wildman–Crippen LogP) is 3.62. The summed E-state index contributed by atoms with van der Waals surface area (Å²) in [5.41, 5.74) is 4.31. The highest BCUT2D eigenvalue weighted by Crippen LogP contribution is 2.27. The molecule has 1 aliphatic rings. The number of anilines is 1. The van der Waals surface area contributed by atoms with E-state index in [1.807, 2.05) is 38.6 Å². The highest BCUT2D eigenvalue weighted by molar-refractivity contribution is 5.98. The van der Waals surface area contributed by atoms with Crippen LogP contribution >= 0.6 is 0 Å². The van der Waals surface area contributed by atoms with Crippen molar-refractivity contribution in [1.29, 1.82) is 0 Å². The average molecular weight is 456 g/mol. The summed E-state index contributed by atoms with van der Waals surface area (Å²) >= 11 is 0. The van der Waals surface area contributed by atoms with Gasteiger partial charge in [0, 0.05) is 60.7 Å². The number of fused-ring (bicyclic) bond motifs is 2. The first-order valence-corrected chi connectivity index (χ1v) is 11.7. The van der Waals surface area contributed by atoms with Crippen LogP contribution in [0.1, 0.15) is 34.7 Å². The van der Waals surface area contributed by atoms with Gasteiger partial charge in [0.1, 0.15) is 11.6 Å². The normalized spacial score (nSPS) is 13.3. The number of hydrogen-bond donors (Lipinski definition) is 1. The second-order valence-corrected chi connectivity index (χ2v) is 9.02. The standard InChI is InChI=1S/C26H29N7O/c1-32(2)10-8-28-25-13-18(6-7-27-25)24(34)14-21-12-19-11-20(15-30-22(19)16-29-21)23-17-31-26-5-3-4-9-33(23)26/h6-7,11-13,15-17H,3-5,8-10,14H2,1-2H3,(H,27,28). The van der Waals surface area contributed by atoms with Crippen LogP contribution in [-0.4, -0.2) is 62.4 Å². The van der Waals surface area contributed by atoms with Crippen LogP contribution in [0.2, 0.25) is 0 Å². The number of rotatable bonds is 8. The third-order valence-corrected chi connectivity index (χ3v) is 6.18. The van der Waals surface area contributed by atoms with E-state index in [0.717, 1.165) is 59.7 Å². The number of likely N-dealkylation sites (N-methyl/N-ethyl adjacent to an activating group) is 1. The van der Waals surface area contributed by atoms with E-state index in [4.69, 9.17) is 0 Å². The molecule has 0 atom stereocenters. The Labute approximate surface area is 199 Å². The smallest absolute Gasteiger partial charge is 0.169 e. The molecule has 4 aromatic heterocycles. The highest BCUT2D eigenvalue weighted by atomic mass is 16.1. The Morgan fingerprint density at radius 1 is 1.06 bits per heavy atom. The van der Waals surface area contributed by atoms with Crippen LogP contribution in [0.3, 0.4) is 0 Å². The van der Waals surface area contributed by atoms with Crippen LogP contribution in [0.5, 0.6) is 0 Å². The number of nitrogens with zero attached hydrogens (tertiary/aromatic N) is 6. The first kappa shape index (κ1) is 22.2. The monoisotopic (exact) mass is 455 g/mol. The molecule has 34 heavy (non-hydrogen) atoms. The van der Waals surface area contributed by atoms with Gasteiger partial charge in [-0.05, 0) is 51.2 Å². The maximum Gasteiger partial charge on any atom is 0.169 e. The molecule has 0 bridgehead atoms. The quantitative estimate of drug-likeness (QED) is 0.406. The summed E-state index contributed by atoms with van der Waals surface area (Å²) < 4.78 is 2.30. The van der Waals surface area contributed by atoms with Gasteiger partial charge < -0.3 is 14.8 Å². The van der Waals surface area contributed by atoms with Gasteiger partial charge in [-0.25, -0.2) is 9.97 Å². The minimum absolute atomic E-state index is 0.0129. The lowest BCUT2D eigenvalue weighted by atomic mass is 10.1. The third kappa shape index (κ3) is 4.82. The molecule has 0 amide bonds. The fourth-order valence-corrected chi connectivity index (χ4v) is 4.33. The first-order valence-electron chi connectivity index (χ1n) is 11.7. The van der Waals surface area contributed by atoms with Crippen molar-refractivity contribution in [1.82, 2.24) is 29.4 Å². The lowest BCUT2D eigenvalue weighted by Gasteiger charge is -2.16. The van der Waals surface area contributed by atoms with E-state index in [1.54, 1.807) is 18.5 Å².